The SMILES string of the molecule is CCc1nn2ccc3c(c2c1C(C)C#N)CCO3. The quantitative estimate of drug-likeness (QED) is 0.811. The van der Waals surface area contributed by atoms with Gasteiger partial charge in [0, 0.05) is 23.7 Å². The second-order valence-corrected chi connectivity index (χ2v) is 4.61. The molecule has 0 saturated carbocycles. The number of pyridine rings is 1. The van der Waals surface area contributed by atoms with Crippen molar-refractivity contribution in [3.63, 3.8) is 0 Å². The highest BCUT2D eigenvalue weighted by Gasteiger charge is 2.24. The third kappa shape index (κ3) is 1.40. The molecule has 4 heteroatoms. The smallest absolute Gasteiger partial charge is 0.126 e. The minimum Gasteiger partial charge on any atom is -0.493 e. The minimum atomic E-state index is -0.135. The normalized spacial score (nSPS) is 15.2. The van der Waals surface area contributed by atoms with Crippen molar-refractivity contribution >= 4 is 5.52 Å². The summed E-state index contributed by atoms with van der Waals surface area (Å²) >= 11 is 0. The Balaban J connectivity index is 2.37. The Bertz CT molecular complexity index is 651. The molecule has 0 aliphatic carbocycles. The summed E-state index contributed by atoms with van der Waals surface area (Å²) in [6.07, 6.45) is 3.67. The lowest BCUT2D eigenvalue weighted by Gasteiger charge is -2.06. The molecule has 0 fully saturated rings. The van der Waals surface area contributed by atoms with Gasteiger partial charge >= 0.3 is 0 Å². The highest BCUT2D eigenvalue weighted by Crippen LogP contribution is 2.34. The molecule has 18 heavy (non-hydrogen) atoms. The first-order chi connectivity index (χ1) is 8.76. The van der Waals surface area contributed by atoms with E-state index in [1.807, 2.05) is 23.7 Å². The van der Waals surface area contributed by atoms with Crippen LogP contribution in [0.2, 0.25) is 0 Å². The predicted octanol–water partition coefficient (Wildman–Crippen LogP) is 2.46. The van der Waals surface area contributed by atoms with Crippen molar-refractivity contribution < 1.29 is 4.74 Å². The maximum absolute atomic E-state index is 9.22. The molecule has 0 saturated heterocycles. The molecule has 0 bridgehead atoms. The first kappa shape index (κ1) is 11.1. The largest absolute Gasteiger partial charge is 0.493 e. The minimum absolute atomic E-state index is 0.135. The van der Waals surface area contributed by atoms with Gasteiger partial charge < -0.3 is 4.74 Å². The predicted molar refractivity (Wildman–Crippen MR) is 67.8 cm³/mol. The van der Waals surface area contributed by atoms with Gasteiger partial charge in [-0.3, -0.25) is 0 Å². The molecule has 0 N–H and O–H groups in total. The Morgan fingerprint density at radius 2 is 2.44 bits per heavy atom. The molecule has 0 spiro atoms. The Hall–Kier alpha value is -2.02. The van der Waals surface area contributed by atoms with Crippen molar-refractivity contribution in [2.45, 2.75) is 32.6 Å². The van der Waals surface area contributed by atoms with Crippen LogP contribution in [-0.4, -0.2) is 16.2 Å². The number of nitriles is 1. The van der Waals surface area contributed by atoms with Crippen LogP contribution in [0, 0.1) is 11.3 Å². The van der Waals surface area contributed by atoms with E-state index in [1.165, 1.54) is 5.56 Å². The highest BCUT2D eigenvalue weighted by molar-refractivity contribution is 5.69. The van der Waals surface area contributed by atoms with E-state index in [4.69, 9.17) is 4.74 Å². The molecule has 1 aliphatic heterocycles. The van der Waals surface area contributed by atoms with Crippen LogP contribution in [0.1, 0.15) is 36.6 Å². The van der Waals surface area contributed by atoms with E-state index < -0.39 is 0 Å². The second-order valence-electron chi connectivity index (χ2n) is 4.61. The van der Waals surface area contributed by atoms with Crippen LogP contribution in [0.25, 0.3) is 5.52 Å². The lowest BCUT2D eigenvalue weighted by atomic mass is 9.97. The van der Waals surface area contributed by atoms with Crippen LogP contribution in [0.3, 0.4) is 0 Å². The van der Waals surface area contributed by atoms with E-state index in [-0.39, 0.29) is 5.92 Å². The van der Waals surface area contributed by atoms with E-state index in [0.29, 0.717) is 0 Å². The number of nitrogens with zero attached hydrogens (tertiary/aromatic N) is 3. The van der Waals surface area contributed by atoms with Crippen molar-refractivity contribution in [2.24, 2.45) is 0 Å². The summed E-state index contributed by atoms with van der Waals surface area (Å²) in [4.78, 5) is 0. The zero-order valence-electron chi connectivity index (χ0n) is 10.6. The lowest BCUT2D eigenvalue weighted by molar-refractivity contribution is 0.356. The summed E-state index contributed by atoms with van der Waals surface area (Å²) in [7, 11) is 0. The summed E-state index contributed by atoms with van der Waals surface area (Å²) in [5.41, 5.74) is 4.37. The molecule has 0 amide bonds. The van der Waals surface area contributed by atoms with Gasteiger partial charge in [-0.15, -0.1) is 0 Å². The maximum Gasteiger partial charge on any atom is 0.126 e. The third-order valence-corrected chi connectivity index (χ3v) is 3.55. The molecular formula is C14H15N3O. The van der Waals surface area contributed by atoms with E-state index in [9.17, 15) is 5.26 Å². The van der Waals surface area contributed by atoms with E-state index >= 15 is 0 Å². The van der Waals surface area contributed by atoms with E-state index in [1.54, 1.807) is 0 Å². The Morgan fingerprint density at radius 3 is 3.17 bits per heavy atom. The summed E-state index contributed by atoms with van der Waals surface area (Å²) in [5, 5.41) is 13.8. The van der Waals surface area contributed by atoms with Gasteiger partial charge in [-0.25, -0.2) is 4.52 Å². The Kier molecular flexibility index (Phi) is 2.48. The molecule has 1 atom stereocenters. The zero-order chi connectivity index (χ0) is 12.7. The zero-order valence-corrected chi connectivity index (χ0v) is 10.6. The summed E-state index contributed by atoms with van der Waals surface area (Å²) in [5.74, 6) is 0.806. The fraction of sp³-hybridized carbons (Fsp3) is 0.429. The van der Waals surface area contributed by atoms with Crippen molar-refractivity contribution in [1.29, 1.82) is 5.26 Å². The molecule has 0 radical (unpaired) electrons. The number of hydrogen-bond acceptors (Lipinski definition) is 3. The van der Waals surface area contributed by atoms with Gasteiger partial charge in [0.15, 0.2) is 0 Å². The average molecular weight is 241 g/mol. The number of aryl methyl sites for hydroxylation is 1. The van der Waals surface area contributed by atoms with Gasteiger partial charge in [-0.1, -0.05) is 6.92 Å². The molecule has 2 aromatic rings. The molecule has 1 aliphatic rings. The summed E-state index contributed by atoms with van der Waals surface area (Å²) in [6, 6.07) is 4.29. The van der Waals surface area contributed by atoms with Gasteiger partial charge in [-0.05, 0) is 19.4 Å². The standard InChI is InChI=1S/C14H15N3O/c1-3-11-13(9(2)8-15)14-10-5-7-18-12(10)4-6-17(14)16-11/h4,6,9H,3,5,7H2,1-2H3. The van der Waals surface area contributed by atoms with E-state index in [0.717, 1.165) is 42.0 Å². The Labute approximate surface area is 106 Å². The van der Waals surface area contributed by atoms with Crippen molar-refractivity contribution in [1.82, 2.24) is 9.61 Å². The number of ether oxygens (including phenoxy) is 1. The maximum atomic E-state index is 9.22. The van der Waals surface area contributed by atoms with Gasteiger partial charge in [0.2, 0.25) is 0 Å². The highest BCUT2D eigenvalue weighted by atomic mass is 16.5. The number of aromatic nitrogens is 2. The molecule has 3 rings (SSSR count). The molecule has 2 aromatic heterocycles. The van der Waals surface area contributed by atoms with Crippen LogP contribution in [0.15, 0.2) is 12.3 Å². The number of fused-ring (bicyclic) bond motifs is 3. The van der Waals surface area contributed by atoms with Crippen LogP contribution in [-0.2, 0) is 12.8 Å². The molecular weight excluding hydrogens is 226 g/mol. The third-order valence-electron chi connectivity index (χ3n) is 3.55. The van der Waals surface area contributed by atoms with Gasteiger partial charge in [0.25, 0.3) is 0 Å². The van der Waals surface area contributed by atoms with Crippen molar-refractivity contribution in [3.05, 3.63) is 29.1 Å². The second kappa shape index (κ2) is 4.02. The summed E-state index contributed by atoms with van der Waals surface area (Å²) in [6.45, 7) is 4.74. The molecule has 92 valence electrons. The van der Waals surface area contributed by atoms with Crippen LogP contribution in [0.4, 0.5) is 0 Å². The van der Waals surface area contributed by atoms with Crippen LogP contribution < -0.4 is 4.74 Å². The lowest BCUT2D eigenvalue weighted by Crippen LogP contribution is -1.96. The topological polar surface area (TPSA) is 50.3 Å². The Morgan fingerprint density at radius 1 is 1.61 bits per heavy atom. The average Bonchev–Trinajstić information content (AvgIpc) is 3.00. The first-order valence-electron chi connectivity index (χ1n) is 6.31. The molecule has 1 unspecified atom stereocenters. The molecule has 0 aromatic carbocycles. The molecule has 4 nitrogen and oxygen atoms in total. The van der Waals surface area contributed by atoms with E-state index in [2.05, 4.69) is 18.1 Å². The fourth-order valence-corrected chi connectivity index (χ4v) is 2.68. The molecule has 3 heterocycles. The number of rotatable bonds is 2. The van der Waals surface area contributed by atoms with Gasteiger partial charge in [-0.2, -0.15) is 10.4 Å². The van der Waals surface area contributed by atoms with Crippen LogP contribution in [0.5, 0.6) is 5.75 Å². The number of hydrogen-bond donors (Lipinski definition) is 0. The van der Waals surface area contributed by atoms with Crippen molar-refractivity contribution in [3.8, 4) is 11.8 Å². The van der Waals surface area contributed by atoms with Gasteiger partial charge in [0.05, 0.1) is 29.8 Å². The summed E-state index contributed by atoms with van der Waals surface area (Å²) < 4.78 is 7.49. The monoisotopic (exact) mass is 241 g/mol. The van der Waals surface area contributed by atoms with Crippen molar-refractivity contribution in [2.75, 3.05) is 6.61 Å². The fourth-order valence-electron chi connectivity index (χ4n) is 2.68. The first-order valence-corrected chi connectivity index (χ1v) is 6.31. The van der Waals surface area contributed by atoms with Crippen LogP contribution >= 0.6 is 0 Å². The van der Waals surface area contributed by atoms with Gasteiger partial charge in [0.1, 0.15) is 5.75 Å².